The number of nitrogens with zero attached hydrogens (tertiary/aromatic N) is 3. The van der Waals surface area contributed by atoms with Crippen LogP contribution in [0.4, 0.5) is 0 Å². The number of carbonyl (C=O) groups excluding carboxylic acids is 1. The Morgan fingerprint density at radius 1 is 1.38 bits per heavy atom. The van der Waals surface area contributed by atoms with Crippen molar-refractivity contribution in [3.8, 4) is 0 Å². The second-order valence-corrected chi connectivity index (χ2v) is 6.68. The highest BCUT2D eigenvalue weighted by Crippen LogP contribution is 2.29. The molecular formula is C16H26N4O. The van der Waals surface area contributed by atoms with E-state index in [-0.39, 0.29) is 11.9 Å². The molecule has 3 rings (SSSR count). The van der Waals surface area contributed by atoms with E-state index < -0.39 is 0 Å². The van der Waals surface area contributed by atoms with Gasteiger partial charge in [0.05, 0.1) is 17.8 Å². The zero-order chi connectivity index (χ0) is 14.8. The second-order valence-electron chi connectivity index (χ2n) is 6.68. The summed E-state index contributed by atoms with van der Waals surface area (Å²) in [6.45, 7) is 6.64. The van der Waals surface area contributed by atoms with Gasteiger partial charge in [-0.05, 0) is 24.8 Å². The van der Waals surface area contributed by atoms with E-state index in [1.807, 2.05) is 0 Å². The lowest BCUT2D eigenvalue weighted by atomic mass is 9.99. The molecule has 0 spiro atoms. The van der Waals surface area contributed by atoms with Gasteiger partial charge < -0.3 is 5.32 Å². The van der Waals surface area contributed by atoms with Gasteiger partial charge in [-0.2, -0.15) is 5.10 Å². The molecule has 1 atom stereocenters. The van der Waals surface area contributed by atoms with E-state index >= 15 is 0 Å². The number of aromatic nitrogens is 2. The van der Waals surface area contributed by atoms with Crippen LogP contribution in [0, 0.1) is 5.92 Å². The summed E-state index contributed by atoms with van der Waals surface area (Å²) >= 11 is 0. The summed E-state index contributed by atoms with van der Waals surface area (Å²) in [5.41, 5.74) is 1.09. The zero-order valence-electron chi connectivity index (χ0n) is 13.1. The Labute approximate surface area is 126 Å². The number of nitrogens with one attached hydrogen (secondary N) is 1. The van der Waals surface area contributed by atoms with E-state index in [1.54, 1.807) is 0 Å². The van der Waals surface area contributed by atoms with Crippen LogP contribution in [0.25, 0.3) is 0 Å². The van der Waals surface area contributed by atoms with E-state index in [2.05, 4.69) is 41.0 Å². The molecule has 1 saturated carbocycles. The molecule has 1 aliphatic heterocycles. The van der Waals surface area contributed by atoms with Crippen molar-refractivity contribution in [2.24, 2.45) is 5.92 Å². The average Bonchev–Trinajstić information content (AvgIpc) is 3.08. The molecule has 2 aliphatic rings. The summed E-state index contributed by atoms with van der Waals surface area (Å²) in [4.78, 5) is 14.3. The van der Waals surface area contributed by atoms with E-state index in [0.29, 0.717) is 12.0 Å². The van der Waals surface area contributed by atoms with Crippen LogP contribution < -0.4 is 5.32 Å². The highest BCUT2D eigenvalue weighted by molar-refractivity contribution is 5.82. The molecule has 0 radical (unpaired) electrons. The van der Waals surface area contributed by atoms with Crippen molar-refractivity contribution in [1.82, 2.24) is 20.0 Å². The molecule has 21 heavy (non-hydrogen) atoms. The molecule has 5 heteroatoms. The minimum absolute atomic E-state index is 0.0321. The summed E-state index contributed by atoms with van der Waals surface area (Å²) in [6.07, 6.45) is 7.26. The summed E-state index contributed by atoms with van der Waals surface area (Å²) in [5, 5.41) is 7.72. The van der Waals surface area contributed by atoms with Gasteiger partial charge in [-0.15, -0.1) is 0 Å². The van der Waals surface area contributed by atoms with Crippen molar-refractivity contribution < 1.29 is 4.79 Å². The third-order valence-corrected chi connectivity index (χ3v) is 4.72. The van der Waals surface area contributed by atoms with Crippen LogP contribution in [-0.4, -0.2) is 39.7 Å². The molecule has 5 nitrogen and oxygen atoms in total. The fraction of sp³-hybridized carbons (Fsp3) is 0.750. The zero-order valence-corrected chi connectivity index (χ0v) is 13.1. The molecule has 0 bridgehead atoms. The number of piperazine rings is 1. The molecule has 1 N–H and O–H groups in total. The van der Waals surface area contributed by atoms with Gasteiger partial charge >= 0.3 is 0 Å². The van der Waals surface area contributed by atoms with Crippen LogP contribution in [0.15, 0.2) is 12.3 Å². The minimum Gasteiger partial charge on any atom is -0.353 e. The topological polar surface area (TPSA) is 50.2 Å². The number of carbonyl (C=O) groups is 1. The van der Waals surface area contributed by atoms with Gasteiger partial charge in [0.15, 0.2) is 0 Å². The van der Waals surface area contributed by atoms with Crippen molar-refractivity contribution in [3.63, 3.8) is 0 Å². The van der Waals surface area contributed by atoms with Crippen LogP contribution in [0.3, 0.4) is 0 Å². The van der Waals surface area contributed by atoms with Gasteiger partial charge in [0.2, 0.25) is 5.91 Å². The van der Waals surface area contributed by atoms with Gasteiger partial charge in [0, 0.05) is 25.8 Å². The Bertz CT molecular complexity index is 490. The Morgan fingerprint density at radius 3 is 2.86 bits per heavy atom. The third-order valence-electron chi connectivity index (χ3n) is 4.72. The molecule has 1 saturated heterocycles. The molecule has 1 aromatic rings. The van der Waals surface area contributed by atoms with Gasteiger partial charge in [0.1, 0.15) is 0 Å². The molecular weight excluding hydrogens is 264 g/mol. The van der Waals surface area contributed by atoms with E-state index in [0.717, 1.165) is 25.3 Å². The van der Waals surface area contributed by atoms with Gasteiger partial charge in [-0.3, -0.25) is 14.4 Å². The number of hydrogen-bond acceptors (Lipinski definition) is 3. The summed E-state index contributed by atoms with van der Waals surface area (Å²) in [5.74, 6) is 0.480. The molecule has 116 valence electrons. The van der Waals surface area contributed by atoms with Crippen LogP contribution >= 0.6 is 0 Å². The molecule has 2 fully saturated rings. The SMILES string of the molecule is CC(C)[C@@H]1C(=O)NCCN1Cc1ccn(C2CCCC2)n1. The van der Waals surface area contributed by atoms with Crippen LogP contribution in [-0.2, 0) is 11.3 Å². The average molecular weight is 290 g/mol. The fourth-order valence-corrected chi connectivity index (χ4v) is 3.68. The lowest BCUT2D eigenvalue weighted by Gasteiger charge is -2.36. The minimum atomic E-state index is -0.0321. The Morgan fingerprint density at radius 2 is 2.14 bits per heavy atom. The van der Waals surface area contributed by atoms with Crippen molar-refractivity contribution in [2.45, 2.75) is 58.2 Å². The first-order chi connectivity index (χ1) is 10.1. The first kappa shape index (κ1) is 14.6. The molecule has 0 aromatic carbocycles. The molecule has 2 heterocycles. The predicted molar refractivity (Wildman–Crippen MR) is 81.8 cm³/mol. The molecule has 1 aromatic heterocycles. The van der Waals surface area contributed by atoms with Crippen molar-refractivity contribution in [1.29, 1.82) is 0 Å². The smallest absolute Gasteiger partial charge is 0.237 e. The summed E-state index contributed by atoms with van der Waals surface area (Å²) in [7, 11) is 0. The largest absolute Gasteiger partial charge is 0.353 e. The van der Waals surface area contributed by atoms with Crippen molar-refractivity contribution >= 4 is 5.91 Å². The van der Waals surface area contributed by atoms with E-state index in [1.165, 1.54) is 25.7 Å². The first-order valence-electron chi connectivity index (χ1n) is 8.21. The monoisotopic (exact) mass is 290 g/mol. The maximum absolute atomic E-state index is 12.1. The van der Waals surface area contributed by atoms with E-state index in [9.17, 15) is 4.79 Å². The Hall–Kier alpha value is -1.36. The lowest BCUT2D eigenvalue weighted by molar-refractivity contribution is -0.131. The number of rotatable bonds is 4. The number of amides is 1. The van der Waals surface area contributed by atoms with Crippen LogP contribution in [0.2, 0.25) is 0 Å². The van der Waals surface area contributed by atoms with E-state index in [4.69, 9.17) is 5.10 Å². The Balaban J connectivity index is 1.68. The van der Waals surface area contributed by atoms with Crippen LogP contribution in [0.1, 0.15) is 51.3 Å². The third kappa shape index (κ3) is 3.12. The summed E-state index contributed by atoms with van der Waals surface area (Å²) in [6, 6.07) is 2.67. The van der Waals surface area contributed by atoms with Gasteiger partial charge in [-0.25, -0.2) is 0 Å². The maximum Gasteiger partial charge on any atom is 0.237 e. The summed E-state index contributed by atoms with van der Waals surface area (Å²) < 4.78 is 2.14. The van der Waals surface area contributed by atoms with Crippen molar-refractivity contribution in [3.05, 3.63) is 18.0 Å². The first-order valence-corrected chi connectivity index (χ1v) is 8.21. The van der Waals surface area contributed by atoms with Crippen molar-refractivity contribution in [2.75, 3.05) is 13.1 Å². The lowest BCUT2D eigenvalue weighted by Crippen LogP contribution is -2.56. The maximum atomic E-state index is 12.1. The highest BCUT2D eigenvalue weighted by atomic mass is 16.2. The quantitative estimate of drug-likeness (QED) is 0.922. The van der Waals surface area contributed by atoms with Gasteiger partial charge in [0.25, 0.3) is 0 Å². The Kier molecular flexibility index (Phi) is 4.29. The molecule has 1 aliphatic carbocycles. The highest BCUT2D eigenvalue weighted by Gasteiger charge is 2.32. The second kappa shape index (κ2) is 6.18. The number of hydrogen-bond donors (Lipinski definition) is 1. The molecule has 0 unspecified atom stereocenters. The fourth-order valence-electron chi connectivity index (χ4n) is 3.68. The van der Waals surface area contributed by atoms with Gasteiger partial charge in [-0.1, -0.05) is 26.7 Å². The normalized spacial score (nSPS) is 24.7. The van der Waals surface area contributed by atoms with Crippen LogP contribution in [0.5, 0.6) is 0 Å². The molecule has 1 amide bonds. The predicted octanol–water partition coefficient (Wildman–Crippen LogP) is 1.95. The standard InChI is InChI=1S/C16H26N4O/c1-12(2)15-16(21)17-8-10-19(15)11-13-7-9-20(18-13)14-5-3-4-6-14/h7,9,12,14-15H,3-6,8,10-11H2,1-2H3,(H,17,21)/t15-/m1/s1.